The van der Waals surface area contributed by atoms with Crippen LogP contribution in [-0.4, -0.2) is 29.3 Å². The van der Waals surface area contributed by atoms with Crippen LogP contribution in [-0.2, 0) is 0 Å². The van der Waals surface area contributed by atoms with E-state index in [4.69, 9.17) is 11.6 Å². The molecule has 6 heteroatoms. The van der Waals surface area contributed by atoms with Crippen molar-refractivity contribution in [1.29, 1.82) is 0 Å². The third-order valence-corrected chi connectivity index (χ3v) is 2.95. The molecule has 0 atom stereocenters. The Balaban J connectivity index is 3.06. The summed E-state index contributed by atoms with van der Waals surface area (Å²) < 4.78 is 39.5. The highest BCUT2D eigenvalue weighted by atomic mass is 35.5. The van der Waals surface area contributed by atoms with Crippen molar-refractivity contribution in [3.63, 3.8) is 0 Å². The third-order valence-electron chi connectivity index (χ3n) is 2.68. The van der Waals surface area contributed by atoms with E-state index in [9.17, 15) is 18.0 Å². The number of benzene rings is 1. The molecule has 0 aliphatic heterocycles. The quantitative estimate of drug-likeness (QED) is 0.600. The van der Waals surface area contributed by atoms with E-state index < -0.39 is 28.9 Å². The topological polar surface area (TPSA) is 20.3 Å². The van der Waals surface area contributed by atoms with Crippen LogP contribution in [0.25, 0.3) is 0 Å². The number of carbonyl (C=O) groups excluding carboxylic acids is 1. The van der Waals surface area contributed by atoms with Crippen molar-refractivity contribution in [2.24, 2.45) is 0 Å². The van der Waals surface area contributed by atoms with E-state index in [2.05, 4.69) is 0 Å². The van der Waals surface area contributed by atoms with Crippen LogP contribution in [0.1, 0.15) is 30.6 Å². The molecular weight excluding hydrogens is 279 g/mol. The van der Waals surface area contributed by atoms with Crippen LogP contribution in [0.2, 0.25) is 0 Å². The van der Waals surface area contributed by atoms with Crippen LogP contribution in [0.3, 0.4) is 0 Å². The smallest absolute Gasteiger partial charge is 0.257 e. The van der Waals surface area contributed by atoms with Gasteiger partial charge in [0.2, 0.25) is 0 Å². The van der Waals surface area contributed by atoms with Gasteiger partial charge in [0.15, 0.2) is 17.5 Å². The Labute approximate surface area is 115 Å². The number of hydrogen-bond acceptors (Lipinski definition) is 1. The second-order valence-corrected chi connectivity index (χ2v) is 4.74. The standard InChI is InChI=1S/C13H15ClF3NO/c1-8(2)18(7-3-6-14)13(19)9-4-5-10(15)12(17)11(9)16/h4-5,8H,3,6-7H2,1-2H3. The Hall–Kier alpha value is -1.23. The van der Waals surface area contributed by atoms with Gasteiger partial charge in [-0.1, -0.05) is 0 Å². The number of rotatable bonds is 5. The lowest BCUT2D eigenvalue weighted by atomic mass is 10.1. The summed E-state index contributed by atoms with van der Waals surface area (Å²) in [6.07, 6.45) is 0.538. The molecule has 1 aromatic rings. The lowest BCUT2D eigenvalue weighted by Crippen LogP contribution is -2.38. The highest BCUT2D eigenvalue weighted by Gasteiger charge is 2.24. The molecule has 0 radical (unpaired) electrons. The van der Waals surface area contributed by atoms with Crippen LogP contribution in [0, 0.1) is 17.5 Å². The highest BCUT2D eigenvalue weighted by molar-refractivity contribution is 6.17. The second kappa shape index (κ2) is 6.80. The van der Waals surface area contributed by atoms with Gasteiger partial charge in [-0.3, -0.25) is 4.79 Å². The lowest BCUT2D eigenvalue weighted by Gasteiger charge is -2.26. The molecule has 0 N–H and O–H groups in total. The number of halogens is 4. The number of carbonyl (C=O) groups is 1. The second-order valence-electron chi connectivity index (χ2n) is 4.36. The zero-order valence-electron chi connectivity index (χ0n) is 10.7. The lowest BCUT2D eigenvalue weighted by molar-refractivity contribution is 0.0700. The maximum Gasteiger partial charge on any atom is 0.257 e. The number of amides is 1. The number of hydrogen-bond donors (Lipinski definition) is 0. The van der Waals surface area contributed by atoms with Crippen molar-refractivity contribution < 1.29 is 18.0 Å². The Morgan fingerprint density at radius 3 is 2.42 bits per heavy atom. The summed E-state index contributed by atoms with van der Waals surface area (Å²) in [5.41, 5.74) is -0.470. The molecule has 0 bridgehead atoms. The van der Waals surface area contributed by atoms with Crippen LogP contribution in [0.15, 0.2) is 12.1 Å². The number of alkyl halides is 1. The maximum atomic E-state index is 13.6. The first-order valence-corrected chi connectivity index (χ1v) is 6.44. The van der Waals surface area contributed by atoms with Gasteiger partial charge in [-0.05, 0) is 32.4 Å². The Morgan fingerprint density at radius 2 is 1.89 bits per heavy atom. The van der Waals surface area contributed by atoms with E-state index in [-0.39, 0.29) is 6.04 Å². The predicted octanol–water partition coefficient (Wildman–Crippen LogP) is 3.58. The molecule has 106 valence electrons. The molecule has 0 fully saturated rings. The van der Waals surface area contributed by atoms with E-state index in [1.165, 1.54) is 4.90 Å². The first-order valence-electron chi connectivity index (χ1n) is 5.90. The normalized spacial score (nSPS) is 10.9. The Bertz CT molecular complexity index is 465. The van der Waals surface area contributed by atoms with Crippen LogP contribution >= 0.6 is 11.6 Å². The van der Waals surface area contributed by atoms with Gasteiger partial charge in [0.25, 0.3) is 5.91 Å². The zero-order valence-corrected chi connectivity index (χ0v) is 11.5. The van der Waals surface area contributed by atoms with Gasteiger partial charge in [-0.2, -0.15) is 0 Å². The summed E-state index contributed by atoms with van der Waals surface area (Å²) in [7, 11) is 0. The van der Waals surface area contributed by atoms with Crippen LogP contribution < -0.4 is 0 Å². The predicted molar refractivity (Wildman–Crippen MR) is 67.8 cm³/mol. The van der Waals surface area contributed by atoms with Crippen LogP contribution in [0.4, 0.5) is 13.2 Å². The molecule has 0 heterocycles. The Kier molecular flexibility index (Phi) is 5.66. The summed E-state index contributed by atoms with van der Waals surface area (Å²) in [5.74, 6) is -4.72. The molecule has 0 spiro atoms. The van der Waals surface area contributed by atoms with Crippen molar-refractivity contribution in [3.05, 3.63) is 35.1 Å². The molecule has 1 aromatic carbocycles. The molecule has 0 saturated carbocycles. The minimum atomic E-state index is -1.63. The Morgan fingerprint density at radius 1 is 1.26 bits per heavy atom. The SMILES string of the molecule is CC(C)N(CCCCl)C(=O)c1ccc(F)c(F)c1F. The monoisotopic (exact) mass is 293 g/mol. The molecule has 1 rings (SSSR count). The minimum Gasteiger partial charge on any atom is -0.336 e. The van der Waals surface area contributed by atoms with E-state index in [1.807, 2.05) is 0 Å². The summed E-state index contributed by atoms with van der Waals surface area (Å²) in [5, 5.41) is 0. The largest absolute Gasteiger partial charge is 0.336 e. The molecule has 2 nitrogen and oxygen atoms in total. The summed E-state index contributed by atoms with van der Waals surface area (Å²) in [4.78, 5) is 13.5. The maximum absolute atomic E-state index is 13.6. The third kappa shape index (κ3) is 3.62. The highest BCUT2D eigenvalue weighted by Crippen LogP contribution is 2.18. The van der Waals surface area contributed by atoms with Gasteiger partial charge < -0.3 is 4.90 Å². The summed E-state index contributed by atoms with van der Waals surface area (Å²) in [6.45, 7) is 3.84. The van der Waals surface area contributed by atoms with Crippen LogP contribution in [0.5, 0.6) is 0 Å². The van der Waals surface area contributed by atoms with Crippen molar-refractivity contribution in [2.45, 2.75) is 26.3 Å². The van der Waals surface area contributed by atoms with Gasteiger partial charge in [0, 0.05) is 18.5 Å². The van der Waals surface area contributed by atoms with E-state index >= 15 is 0 Å². The van der Waals surface area contributed by atoms with E-state index in [1.54, 1.807) is 13.8 Å². The van der Waals surface area contributed by atoms with Crippen molar-refractivity contribution >= 4 is 17.5 Å². The molecule has 0 aromatic heterocycles. The molecule has 1 amide bonds. The number of nitrogens with zero attached hydrogens (tertiary/aromatic N) is 1. The zero-order chi connectivity index (χ0) is 14.6. The minimum absolute atomic E-state index is 0.191. The van der Waals surface area contributed by atoms with Gasteiger partial charge >= 0.3 is 0 Å². The summed E-state index contributed by atoms with van der Waals surface area (Å²) in [6, 6.07) is 1.50. The molecule has 0 unspecified atom stereocenters. The van der Waals surface area contributed by atoms with E-state index in [0.29, 0.717) is 18.8 Å². The molecule has 0 aliphatic carbocycles. The van der Waals surface area contributed by atoms with Crippen molar-refractivity contribution in [2.75, 3.05) is 12.4 Å². The fraction of sp³-hybridized carbons (Fsp3) is 0.462. The molecular formula is C13H15ClF3NO. The first-order chi connectivity index (χ1) is 8.90. The average Bonchev–Trinajstić information content (AvgIpc) is 2.36. The molecule has 0 saturated heterocycles. The fourth-order valence-corrected chi connectivity index (χ4v) is 1.79. The van der Waals surface area contributed by atoms with Gasteiger partial charge in [-0.15, -0.1) is 11.6 Å². The van der Waals surface area contributed by atoms with Crippen molar-refractivity contribution in [1.82, 2.24) is 4.90 Å². The molecule has 0 aliphatic rings. The molecule has 19 heavy (non-hydrogen) atoms. The fourth-order valence-electron chi connectivity index (χ4n) is 1.67. The van der Waals surface area contributed by atoms with E-state index in [0.717, 1.165) is 12.1 Å². The van der Waals surface area contributed by atoms with Gasteiger partial charge in [-0.25, -0.2) is 13.2 Å². The van der Waals surface area contributed by atoms with Crippen molar-refractivity contribution in [3.8, 4) is 0 Å². The first kappa shape index (κ1) is 15.8. The van der Waals surface area contributed by atoms with Gasteiger partial charge in [0.05, 0.1) is 5.56 Å². The van der Waals surface area contributed by atoms with Gasteiger partial charge in [0.1, 0.15) is 0 Å². The summed E-state index contributed by atoms with van der Waals surface area (Å²) >= 11 is 5.56. The average molecular weight is 294 g/mol.